The molecule has 1 rings (SSSR count). The van der Waals surface area contributed by atoms with Crippen LogP contribution in [0.1, 0.15) is 20.3 Å². The maximum Gasteiger partial charge on any atom is 0.0174 e. The summed E-state index contributed by atoms with van der Waals surface area (Å²) in [6.07, 6.45) is 7.70. The van der Waals surface area contributed by atoms with E-state index >= 15 is 0 Å². The SMILES string of the molecule is CC1(C)C=CC(CN)=CC1. The number of nitrogens with two attached hydrogens (primary N) is 1. The number of hydrogen-bond donors (Lipinski definition) is 1. The monoisotopic (exact) mass is 137 g/mol. The van der Waals surface area contributed by atoms with Gasteiger partial charge in [0.2, 0.25) is 0 Å². The largest absolute Gasteiger partial charge is 0.327 e. The van der Waals surface area contributed by atoms with Gasteiger partial charge in [0.15, 0.2) is 0 Å². The molecule has 0 heterocycles. The molecule has 56 valence electrons. The van der Waals surface area contributed by atoms with Gasteiger partial charge in [0, 0.05) is 6.54 Å². The van der Waals surface area contributed by atoms with Gasteiger partial charge in [0.25, 0.3) is 0 Å². The molecular formula is C9H15N. The third kappa shape index (κ3) is 1.71. The van der Waals surface area contributed by atoms with E-state index in [1.54, 1.807) is 0 Å². The molecule has 1 heteroatoms. The highest BCUT2D eigenvalue weighted by Gasteiger charge is 2.14. The Kier molecular flexibility index (Phi) is 1.95. The van der Waals surface area contributed by atoms with Gasteiger partial charge >= 0.3 is 0 Å². The second kappa shape index (κ2) is 2.59. The molecule has 0 bridgehead atoms. The molecule has 0 amide bonds. The van der Waals surface area contributed by atoms with Crippen molar-refractivity contribution in [3.8, 4) is 0 Å². The van der Waals surface area contributed by atoms with Crippen LogP contribution in [-0.4, -0.2) is 6.54 Å². The molecule has 2 N–H and O–H groups in total. The van der Waals surface area contributed by atoms with Crippen molar-refractivity contribution in [3.63, 3.8) is 0 Å². The molecule has 1 aliphatic carbocycles. The van der Waals surface area contributed by atoms with Gasteiger partial charge in [0.05, 0.1) is 0 Å². The van der Waals surface area contributed by atoms with Crippen LogP contribution in [-0.2, 0) is 0 Å². The van der Waals surface area contributed by atoms with Crippen LogP contribution >= 0.6 is 0 Å². The summed E-state index contributed by atoms with van der Waals surface area (Å²) in [5, 5.41) is 0. The second-order valence-electron chi connectivity index (χ2n) is 3.51. The lowest BCUT2D eigenvalue weighted by Gasteiger charge is -2.21. The lowest BCUT2D eigenvalue weighted by molar-refractivity contribution is 0.481. The maximum absolute atomic E-state index is 5.47. The van der Waals surface area contributed by atoms with Crippen molar-refractivity contribution < 1.29 is 0 Å². The highest BCUT2D eigenvalue weighted by atomic mass is 14.5. The van der Waals surface area contributed by atoms with E-state index in [4.69, 9.17) is 5.73 Å². The van der Waals surface area contributed by atoms with Gasteiger partial charge < -0.3 is 5.73 Å². The van der Waals surface area contributed by atoms with Gasteiger partial charge in [-0.3, -0.25) is 0 Å². The zero-order valence-corrected chi connectivity index (χ0v) is 6.72. The molecule has 0 aromatic carbocycles. The van der Waals surface area contributed by atoms with E-state index in [1.165, 1.54) is 5.57 Å². The van der Waals surface area contributed by atoms with Gasteiger partial charge in [0.1, 0.15) is 0 Å². The van der Waals surface area contributed by atoms with E-state index in [9.17, 15) is 0 Å². The van der Waals surface area contributed by atoms with Crippen LogP contribution in [0.4, 0.5) is 0 Å². The normalized spacial score (nSPS) is 22.5. The standard InChI is InChI=1S/C9H15N/c1-9(2)5-3-8(7-10)4-6-9/h3-5H,6-7,10H2,1-2H3. The predicted molar refractivity (Wildman–Crippen MR) is 44.7 cm³/mol. The Hall–Kier alpha value is -0.560. The third-order valence-electron chi connectivity index (χ3n) is 1.87. The van der Waals surface area contributed by atoms with E-state index in [1.807, 2.05) is 0 Å². The van der Waals surface area contributed by atoms with Crippen molar-refractivity contribution in [1.82, 2.24) is 0 Å². The zero-order valence-electron chi connectivity index (χ0n) is 6.72. The summed E-state index contributed by atoms with van der Waals surface area (Å²) < 4.78 is 0. The highest BCUT2D eigenvalue weighted by Crippen LogP contribution is 2.27. The first-order valence-electron chi connectivity index (χ1n) is 3.72. The van der Waals surface area contributed by atoms with Gasteiger partial charge in [-0.15, -0.1) is 0 Å². The molecule has 0 spiro atoms. The summed E-state index contributed by atoms with van der Waals surface area (Å²) in [4.78, 5) is 0. The first-order valence-corrected chi connectivity index (χ1v) is 3.72. The van der Waals surface area contributed by atoms with Crippen LogP contribution in [0.5, 0.6) is 0 Å². The van der Waals surface area contributed by atoms with Gasteiger partial charge in [-0.25, -0.2) is 0 Å². The minimum Gasteiger partial charge on any atom is -0.327 e. The van der Waals surface area contributed by atoms with Crippen LogP contribution in [0.15, 0.2) is 23.8 Å². The number of hydrogen-bond acceptors (Lipinski definition) is 1. The van der Waals surface area contributed by atoms with Crippen molar-refractivity contribution in [1.29, 1.82) is 0 Å². The average Bonchev–Trinajstić information content (AvgIpc) is 1.88. The molecule has 0 saturated carbocycles. The molecule has 0 aromatic heterocycles. The zero-order chi connectivity index (χ0) is 7.61. The topological polar surface area (TPSA) is 26.0 Å². The molecule has 0 fully saturated rings. The molecule has 0 aromatic rings. The highest BCUT2D eigenvalue weighted by molar-refractivity contribution is 5.26. The molecule has 0 aliphatic heterocycles. The predicted octanol–water partition coefficient (Wildman–Crippen LogP) is 1.86. The third-order valence-corrected chi connectivity index (χ3v) is 1.87. The Labute approximate surface area is 62.6 Å². The Morgan fingerprint density at radius 2 is 2.30 bits per heavy atom. The lowest BCUT2D eigenvalue weighted by atomic mass is 9.84. The minimum absolute atomic E-state index is 0.346. The van der Waals surface area contributed by atoms with E-state index in [2.05, 4.69) is 32.1 Å². The van der Waals surface area contributed by atoms with E-state index < -0.39 is 0 Å². The van der Waals surface area contributed by atoms with Crippen molar-refractivity contribution in [2.24, 2.45) is 11.1 Å². The molecule has 1 nitrogen and oxygen atoms in total. The molecular weight excluding hydrogens is 122 g/mol. The summed E-state index contributed by atoms with van der Waals surface area (Å²) in [5.74, 6) is 0. The fraction of sp³-hybridized carbons (Fsp3) is 0.556. The number of allylic oxidation sites excluding steroid dienone is 2. The van der Waals surface area contributed by atoms with Crippen molar-refractivity contribution in [3.05, 3.63) is 23.8 Å². The van der Waals surface area contributed by atoms with Gasteiger partial charge in [-0.1, -0.05) is 32.1 Å². The fourth-order valence-electron chi connectivity index (χ4n) is 1.01. The van der Waals surface area contributed by atoms with Gasteiger partial charge in [-0.05, 0) is 17.4 Å². The summed E-state index contributed by atoms with van der Waals surface area (Å²) in [6.45, 7) is 5.13. The lowest BCUT2D eigenvalue weighted by Crippen LogP contribution is -2.12. The number of rotatable bonds is 1. The Balaban J connectivity index is 2.63. The van der Waals surface area contributed by atoms with Crippen molar-refractivity contribution in [2.45, 2.75) is 20.3 Å². The van der Waals surface area contributed by atoms with Gasteiger partial charge in [-0.2, -0.15) is 0 Å². The minimum atomic E-state index is 0.346. The molecule has 0 unspecified atom stereocenters. The first-order chi connectivity index (χ1) is 4.64. The van der Waals surface area contributed by atoms with Crippen LogP contribution in [0.25, 0.3) is 0 Å². The molecule has 0 atom stereocenters. The summed E-state index contributed by atoms with van der Waals surface area (Å²) >= 11 is 0. The summed E-state index contributed by atoms with van der Waals surface area (Å²) in [6, 6.07) is 0. The Bertz CT molecular complexity index is 175. The summed E-state index contributed by atoms with van der Waals surface area (Å²) in [5.41, 5.74) is 7.08. The van der Waals surface area contributed by atoms with Crippen LogP contribution in [0.3, 0.4) is 0 Å². The second-order valence-corrected chi connectivity index (χ2v) is 3.51. The molecule has 10 heavy (non-hydrogen) atoms. The Morgan fingerprint density at radius 1 is 1.60 bits per heavy atom. The smallest absolute Gasteiger partial charge is 0.0174 e. The maximum atomic E-state index is 5.47. The first kappa shape index (κ1) is 7.55. The van der Waals surface area contributed by atoms with Crippen molar-refractivity contribution in [2.75, 3.05) is 6.54 Å². The molecule has 0 radical (unpaired) electrons. The Morgan fingerprint density at radius 3 is 2.70 bits per heavy atom. The van der Waals surface area contributed by atoms with Crippen LogP contribution in [0, 0.1) is 5.41 Å². The molecule has 0 saturated heterocycles. The van der Waals surface area contributed by atoms with E-state index in [0.717, 1.165) is 6.42 Å². The van der Waals surface area contributed by atoms with E-state index in [-0.39, 0.29) is 0 Å². The average molecular weight is 137 g/mol. The summed E-state index contributed by atoms with van der Waals surface area (Å²) in [7, 11) is 0. The fourth-order valence-corrected chi connectivity index (χ4v) is 1.01. The van der Waals surface area contributed by atoms with E-state index in [0.29, 0.717) is 12.0 Å². The molecule has 1 aliphatic rings. The van der Waals surface area contributed by atoms with Crippen molar-refractivity contribution >= 4 is 0 Å². The quantitative estimate of drug-likeness (QED) is 0.586. The van der Waals surface area contributed by atoms with Crippen LogP contribution < -0.4 is 5.73 Å². The van der Waals surface area contributed by atoms with Crippen LogP contribution in [0.2, 0.25) is 0 Å².